The molecule has 0 heterocycles. The van der Waals surface area contributed by atoms with E-state index in [0.717, 1.165) is 11.8 Å². The molecule has 0 spiro atoms. The van der Waals surface area contributed by atoms with Crippen molar-refractivity contribution in [3.63, 3.8) is 0 Å². The number of aryl methyl sites for hydroxylation is 1. The second-order valence-corrected chi connectivity index (χ2v) is 7.49. The van der Waals surface area contributed by atoms with Crippen molar-refractivity contribution in [2.45, 2.75) is 6.92 Å². The molecule has 6 heteroatoms. The number of benzene rings is 2. The van der Waals surface area contributed by atoms with Gasteiger partial charge in [-0.15, -0.1) is 0 Å². The molecule has 0 aliphatic rings. The summed E-state index contributed by atoms with van der Waals surface area (Å²) in [6, 6.07) is 14.2. The lowest BCUT2D eigenvalue weighted by Gasteiger charge is -2.20. The number of hydrogen-bond acceptors (Lipinski definition) is 3. The summed E-state index contributed by atoms with van der Waals surface area (Å²) >= 11 is 0. The molecule has 5 nitrogen and oxygen atoms in total. The molecule has 23 heavy (non-hydrogen) atoms. The molecule has 0 saturated heterocycles. The summed E-state index contributed by atoms with van der Waals surface area (Å²) in [5, 5.41) is 0. The number of carbonyl (C=O) groups excluding carboxylic acids is 1. The van der Waals surface area contributed by atoms with Crippen molar-refractivity contribution < 1.29 is 13.2 Å². The van der Waals surface area contributed by atoms with E-state index < -0.39 is 10.0 Å². The van der Waals surface area contributed by atoms with Gasteiger partial charge in [0.1, 0.15) is 0 Å². The van der Waals surface area contributed by atoms with Crippen LogP contribution in [0, 0.1) is 6.92 Å². The van der Waals surface area contributed by atoms with E-state index in [-0.39, 0.29) is 5.91 Å². The highest BCUT2D eigenvalue weighted by atomic mass is 32.2. The SMILES string of the molecule is Cc1ccc(C(=O)N(C)c2ccc(N(C)S(C)(=O)=O)cc2)cc1. The van der Waals surface area contributed by atoms with Gasteiger partial charge in [0.15, 0.2) is 0 Å². The van der Waals surface area contributed by atoms with Crippen molar-refractivity contribution in [3.05, 3.63) is 59.7 Å². The summed E-state index contributed by atoms with van der Waals surface area (Å²) in [6.07, 6.45) is 1.15. The Kier molecular flexibility index (Phi) is 4.75. The van der Waals surface area contributed by atoms with E-state index in [2.05, 4.69) is 0 Å². The molecule has 1 amide bonds. The van der Waals surface area contributed by atoms with E-state index in [4.69, 9.17) is 0 Å². The van der Waals surface area contributed by atoms with Gasteiger partial charge in [-0.3, -0.25) is 9.10 Å². The first-order valence-corrected chi connectivity index (χ1v) is 8.93. The Bertz CT molecular complexity index is 797. The quantitative estimate of drug-likeness (QED) is 0.865. The molecule has 122 valence electrons. The lowest BCUT2D eigenvalue weighted by Crippen LogP contribution is -2.27. The van der Waals surface area contributed by atoms with Gasteiger partial charge >= 0.3 is 0 Å². The van der Waals surface area contributed by atoms with Gasteiger partial charge in [0, 0.05) is 25.3 Å². The number of rotatable bonds is 4. The van der Waals surface area contributed by atoms with Gasteiger partial charge in [0.25, 0.3) is 5.91 Å². The van der Waals surface area contributed by atoms with Crippen LogP contribution in [0.1, 0.15) is 15.9 Å². The van der Waals surface area contributed by atoms with Crippen molar-refractivity contribution in [1.29, 1.82) is 0 Å². The van der Waals surface area contributed by atoms with Crippen LogP contribution in [0.2, 0.25) is 0 Å². The van der Waals surface area contributed by atoms with Gasteiger partial charge in [-0.25, -0.2) is 8.42 Å². The van der Waals surface area contributed by atoms with Crippen molar-refractivity contribution in [1.82, 2.24) is 0 Å². The number of carbonyl (C=O) groups is 1. The van der Waals surface area contributed by atoms with Gasteiger partial charge in [0.05, 0.1) is 11.9 Å². The average molecular weight is 332 g/mol. The number of amides is 1. The summed E-state index contributed by atoms with van der Waals surface area (Å²) in [7, 11) is -0.116. The van der Waals surface area contributed by atoms with Gasteiger partial charge in [-0.05, 0) is 43.3 Å². The lowest BCUT2D eigenvalue weighted by atomic mass is 10.1. The van der Waals surface area contributed by atoms with Crippen LogP contribution in [0.3, 0.4) is 0 Å². The molecule has 2 rings (SSSR count). The fourth-order valence-corrected chi connectivity index (χ4v) is 2.59. The number of nitrogens with zero attached hydrogens (tertiary/aromatic N) is 2. The first-order valence-electron chi connectivity index (χ1n) is 7.09. The van der Waals surface area contributed by atoms with E-state index in [9.17, 15) is 13.2 Å². The lowest BCUT2D eigenvalue weighted by molar-refractivity contribution is 0.0993. The van der Waals surface area contributed by atoms with Crippen LogP contribution in [0.25, 0.3) is 0 Å². The summed E-state index contributed by atoms with van der Waals surface area (Å²) in [6.45, 7) is 1.97. The predicted molar refractivity (Wildman–Crippen MR) is 93.6 cm³/mol. The summed E-state index contributed by atoms with van der Waals surface area (Å²) < 4.78 is 24.3. The minimum absolute atomic E-state index is 0.116. The highest BCUT2D eigenvalue weighted by molar-refractivity contribution is 7.92. The minimum atomic E-state index is -3.30. The Morgan fingerprint density at radius 2 is 1.35 bits per heavy atom. The van der Waals surface area contributed by atoms with E-state index in [0.29, 0.717) is 16.9 Å². The molecule has 0 aliphatic carbocycles. The molecule has 0 atom stereocenters. The molecule has 0 aromatic heterocycles. The number of anilines is 2. The normalized spacial score (nSPS) is 11.1. The van der Waals surface area contributed by atoms with Crippen LogP contribution in [0.4, 0.5) is 11.4 Å². The topological polar surface area (TPSA) is 57.7 Å². The van der Waals surface area contributed by atoms with E-state index in [1.54, 1.807) is 43.4 Å². The molecule has 0 fully saturated rings. The van der Waals surface area contributed by atoms with Crippen LogP contribution in [0.5, 0.6) is 0 Å². The maximum Gasteiger partial charge on any atom is 0.258 e. The first-order chi connectivity index (χ1) is 10.7. The molecular formula is C17H20N2O3S. The maximum atomic E-state index is 12.5. The number of sulfonamides is 1. The maximum absolute atomic E-state index is 12.5. The highest BCUT2D eigenvalue weighted by Crippen LogP contribution is 2.22. The standard InChI is InChI=1S/C17H20N2O3S/c1-13-5-7-14(8-6-13)17(20)18(2)15-9-11-16(12-10-15)19(3)23(4,21)22/h5-12H,1-4H3. The predicted octanol–water partition coefficient (Wildman–Crippen LogP) is 2.67. The second kappa shape index (κ2) is 6.42. The number of hydrogen-bond donors (Lipinski definition) is 0. The van der Waals surface area contributed by atoms with Crippen molar-refractivity contribution in [2.24, 2.45) is 0 Å². The molecule has 0 N–H and O–H groups in total. The molecule has 0 unspecified atom stereocenters. The zero-order valence-corrected chi connectivity index (χ0v) is 14.5. The van der Waals surface area contributed by atoms with E-state index >= 15 is 0 Å². The highest BCUT2D eigenvalue weighted by Gasteiger charge is 2.15. The fraction of sp³-hybridized carbons (Fsp3) is 0.235. The third kappa shape index (κ3) is 3.90. The van der Waals surface area contributed by atoms with Gasteiger partial charge < -0.3 is 4.90 Å². The third-order valence-corrected chi connectivity index (χ3v) is 4.91. The monoisotopic (exact) mass is 332 g/mol. The van der Waals surface area contributed by atoms with Crippen molar-refractivity contribution in [3.8, 4) is 0 Å². The van der Waals surface area contributed by atoms with Gasteiger partial charge in [-0.2, -0.15) is 0 Å². The van der Waals surface area contributed by atoms with Gasteiger partial charge in [0.2, 0.25) is 10.0 Å². The Morgan fingerprint density at radius 1 is 0.870 bits per heavy atom. The zero-order chi connectivity index (χ0) is 17.2. The van der Waals surface area contributed by atoms with Crippen LogP contribution < -0.4 is 9.21 Å². The first kappa shape index (κ1) is 17.0. The van der Waals surface area contributed by atoms with E-state index in [1.807, 2.05) is 19.1 Å². The fourth-order valence-electron chi connectivity index (χ4n) is 2.08. The largest absolute Gasteiger partial charge is 0.311 e. The Morgan fingerprint density at radius 3 is 1.83 bits per heavy atom. The Labute approximate surface area is 137 Å². The second-order valence-electron chi connectivity index (χ2n) is 5.48. The summed E-state index contributed by atoms with van der Waals surface area (Å²) in [5.41, 5.74) is 2.95. The average Bonchev–Trinajstić information content (AvgIpc) is 2.53. The zero-order valence-electron chi connectivity index (χ0n) is 13.6. The van der Waals surface area contributed by atoms with Crippen LogP contribution in [-0.4, -0.2) is 34.7 Å². The molecule has 0 aliphatic heterocycles. The van der Waals surface area contributed by atoms with Crippen LogP contribution >= 0.6 is 0 Å². The Hall–Kier alpha value is -2.34. The summed E-state index contributed by atoms with van der Waals surface area (Å²) in [5.74, 6) is -0.116. The molecule has 0 saturated carbocycles. The smallest absolute Gasteiger partial charge is 0.258 e. The molecule has 0 bridgehead atoms. The van der Waals surface area contributed by atoms with Gasteiger partial charge in [-0.1, -0.05) is 17.7 Å². The van der Waals surface area contributed by atoms with Crippen LogP contribution in [-0.2, 0) is 10.0 Å². The summed E-state index contributed by atoms with van der Waals surface area (Å²) in [4.78, 5) is 14.0. The molecule has 0 radical (unpaired) electrons. The van der Waals surface area contributed by atoms with E-state index in [1.165, 1.54) is 16.3 Å². The van der Waals surface area contributed by atoms with Crippen LogP contribution in [0.15, 0.2) is 48.5 Å². The molecular weight excluding hydrogens is 312 g/mol. The minimum Gasteiger partial charge on any atom is -0.311 e. The van der Waals surface area contributed by atoms with Crippen molar-refractivity contribution >= 4 is 27.3 Å². The third-order valence-electron chi connectivity index (χ3n) is 3.70. The molecule has 2 aromatic rings. The Balaban J connectivity index is 2.21. The van der Waals surface area contributed by atoms with Crippen molar-refractivity contribution in [2.75, 3.05) is 29.6 Å². The molecule has 2 aromatic carbocycles.